The molecule has 110 valence electrons. The van der Waals surface area contributed by atoms with Crippen LogP contribution >= 0.6 is 0 Å². The highest BCUT2D eigenvalue weighted by Gasteiger charge is 2.44. The average molecular weight is 275 g/mol. The standard InChI is InChI=1S/C16H25N3O/c1-10-9-12(7-8-18-10)19-15(20)13-5-6-14(17)11(2)16(13,3)4/h7-9,11,13-14H,5-6,17H2,1-4H3,(H,18,19,20). The van der Waals surface area contributed by atoms with Gasteiger partial charge in [-0.3, -0.25) is 9.78 Å². The summed E-state index contributed by atoms with van der Waals surface area (Å²) in [6.07, 6.45) is 3.49. The lowest BCUT2D eigenvalue weighted by atomic mass is 9.61. The lowest BCUT2D eigenvalue weighted by Gasteiger charge is -2.46. The third-order valence-electron chi connectivity index (χ3n) is 4.98. The predicted octanol–water partition coefficient (Wildman–Crippen LogP) is 2.73. The number of rotatable bonds is 2. The zero-order valence-electron chi connectivity index (χ0n) is 12.8. The van der Waals surface area contributed by atoms with E-state index in [1.165, 1.54) is 0 Å². The first-order valence-corrected chi connectivity index (χ1v) is 7.31. The van der Waals surface area contributed by atoms with Crippen LogP contribution in [0, 0.1) is 24.2 Å². The second kappa shape index (κ2) is 5.52. The number of anilines is 1. The molecule has 4 nitrogen and oxygen atoms in total. The number of nitrogens with one attached hydrogen (secondary N) is 1. The van der Waals surface area contributed by atoms with Crippen LogP contribution in [0.1, 0.15) is 39.3 Å². The molecule has 1 aromatic heterocycles. The van der Waals surface area contributed by atoms with Gasteiger partial charge in [0.1, 0.15) is 0 Å². The van der Waals surface area contributed by atoms with Gasteiger partial charge in [-0.1, -0.05) is 20.8 Å². The maximum Gasteiger partial charge on any atom is 0.228 e. The highest BCUT2D eigenvalue weighted by Crippen LogP contribution is 2.44. The van der Waals surface area contributed by atoms with Crippen molar-refractivity contribution in [2.75, 3.05) is 5.32 Å². The second-order valence-electron chi connectivity index (χ2n) is 6.58. The quantitative estimate of drug-likeness (QED) is 0.872. The van der Waals surface area contributed by atoms with Gasteiger partial charge in [0.05, 0.1) is 0 Å². The molecule has 1 aromatic rings. The van der Waals surface area contributed by atoms with Crippen molar-refractivity contribution in [2.24, 2.45) is 23.0 Å². The molecule has 0 aliphatic heterocycles. The minimum Gasteiger partial charge on any atom is -0.327 e. The molecule has 1 aliphatic rings. The van der Waals surface area contributed by atoms with Crippen molar-refractivity contribution in [1.29, 1.82) is 0 Å². The topological polar surface area (TPSA) is 68.0 Å². The Hall–Kier alpha value is -1.42. The number of nitrogens with zero attached hydrogens (tertiary/aromatic N) is 1. The van der Waals surface area contributed by atoms with Gasteiger partial charge in [0.2, 0.25) is 5.91 Å². The summed E-state index contributed by atoms with van der Waals surface area (Å²) in [6, 6.07) is 3.91. The number of aromatic nitrogens is 1. The lowest BCUT2D eigenvalue weighted by molar-refractivity contribution is -0.127. The van der Waals surface area contributed by atoms with Crippen LogP contribution in [0.2, 0.25) is 0 Å². The Morgan fingerprint density at radius 1 is 1.45 bits per heavy atom. The molecule has 0 aromatic carbocycles. The van der Waals surface area contributed by atoms with Gasteiger partial charge in [-0.25, -0.2) is 0 Å². The van der Waals surface area contributed by atoms with Crippen molar-refractivity contribution >= 4 is 11.6 Å². The highest BCUT2D eigenvalue weighted by atomic mass is 16.1. The Bertz CT molecular complexity index is 498. The maximum atomic E-state index is 12.6. The molecule has 1 fully saturated rings. The van der Waals surface area contributed by atoms with Gasteiger partial charge in [-0.05, 0) is 43.2 Å². The Morgan fingerprint density at radius 3 is 2.80 bits per heavy atom. The highest BCUT2D eigenvalue weighted by molar-refractivity contribution is 5.93. The molecule has 1 aliphatic carbocycles. The van der Waals surface area contributed by atoms with E-state index < -0.39 is 0 Å². The van der Waals surface area contributed by atoms with E-state index >= 15 is 0 Å². The van der Waals surface area contributed by atoms with Crippen molar-refractivity contribution < 1.29 is 4.79 Å². The molecule has 0 spiro atoms. The second-order valence-corrected chi connectivity index (χ2v) is 6.58. The number of hydrogen-bond acceptors (Lipinski definition) is 3. The number of hydrogen-bond donors (Lipinski definition) is 2. The summed E-state index contributed by atoms with van der Waals surface area (Å²) >= 11 is 0. The van der Waals surface area contributed by atoms with Crippen LogP contribution in [0.25, 0.3) is 0 Å². The van der Waals surface area contributed by atoms with Crippen molar-refractivity contribution in [1.82, 2.24) is 4.98 Å². The SMILES string of the molecule is Cc1cc(NC(=O)C2CCC(N)C(C)C2(C)C)ccn1. The summed E-state index contributed by atoms with van der Waals surface area (Å²) in [5, 5.41) is 3.02. The van der Waals surface area contributed by atoms with E-state index in [4.69, 9.17) is 5.73 Å². The molecular formula is C16H25N3O. The van der Waals surface area contributed by atoms with Gasteiger partial charge in [0, 0.05) is 29.5 Å². The van der Waals surface area contributed by atoms with E-state index in [1.54, 1.807) is 6.20 Å². The molecule has 1 saturated carbocycles. The number of aryl methyl sites for hydroxylation is 1. The van der Waals surface area contributed by atoms with E-state index in [0.717, 1.165) is 24.2 Å². The molecule has 1 amide bonds. The van der Waals surface area contributed by atoms with E-state index in [9.17, 15) is 4.79 Å². The summed E-state index contributed by atoms with van der Waals surface area (Å²) < 4.78 is 0. The van der Waals surface area contributed by atoms with E-state index in [0.29, 0.717) is 5.92 Å². The summed E-state index contributed by atoms with van der Waals surface area (Å²) in [5.74, 6) is 0.441. The third kappa shape index (κ3) is 2.85. The summed E-state index contributed by atoms with van der Waals surface area (Å²) in [7, 11) is 0. The Morgan fingerprint density at radius 2 is 2.15 bits per heavy atom. The average Bonchev–Trinajstić information content (AvgIpc) is 2.36. The van der Waals surface area contributed by atoms with Crippen LogP contribution in [0.3, 0.4) is 0 Å². The first-order valence-electron chi connectivity index (χ1n) is 7.31. The first kappa shape index (κ1) is 15.0. The lowest BCUT2D eigenvalue weighted by Crippen LogP contribution is -2.50. The molecule has 0 radical (unpaired) electrons. The van der Waals surface area contributed by atoms with Gasteiger partial charge >= 0.3 is 0 Å². The van der Waals surface area contributed by atoms with Crippen LogP contribution in [0.15, 0.2) is 18.3 Å². The van der Waals surface area contributed by atoms with Gasteiger partial charge in [0.25, 0.3) is 0 Å². The molecule has 1 heterocycles. The van der Waals surface area contributed by atoms with Crippen LogP contribution in [-0.2, 0) is 4.79 Å². The fraction of sp³-hybridized carbons (Fsp3) is 0.625. The molecule has 2 rings (SSSR count). The molecule has 3 unspecified atom stereocenters. The number of carbonyl (C=O) groups is 1. The van der Waals surface area contributed by atoms with Crippen molar-refractivity contribution in [3.63, 3.8) is 0 Å². The zero-order chi connectivity index (χ0) is 14.9. The van der Waals surface area contributed by atoms with Crippen molar-refractivity contribution in [2.45, 2.75) is 46.6 Å². The Kier molecular flexibility index (Phi) is 4.14. The largest absolute Gasteiger partial charge is 0.327 e. The zero-order valence-corrected chi connectivity index (χ0v) is 12.8. The molecule has 0 bridgehead atoms. The fourth-order valence-electron chi connectivity index (χ4n) is 3.17. The number of amides is 1. The minimum atomic E-state index is -0.0795. The molecule has 3 atom stereocenters. The fourth-order valence-corrected chi connectivity index (χ4v) is 3.17. The van der Waals surface area contributed by atoms with Crippen LogP contribution in [-0.4, -0.2) is 16.9 Å². The van der Waals surface area contributed by atoms with Crippen LogP contribution in [0.4, 0.5) is 5.69 Å². The smallest absolute Gasteiger partial charge is 0.228 e. The summed E-state index contributed by atoms with van der Waals surface area (Å²) in [5.41, 5.74) is 7.79. The molecular weight excluding hydrogens is 250 g/mol. The first-order chi connectivity index (χ1) is 9.32. The van der Waals surface area contributed by atoms with Gasteiger partial charge < -0.3 is 11.1 Å². The van der Waals surface area contributed by atoms with E-state index in [2.05, 4.69) is 31.1 Å². The monoisotopic (exact) mass is 275 g/mol. The Labute approximate surface area is 121 Å². The van der Waals surface area contributed by atoms with Crippen LogP contribution in [0.5, 0.6) is 0 Å². The number of nitrogens with two attached hydrogens (primary N) is 1. The normalized spacial score (nSPS) is 28.9. The molecule has 3 N–H and O–H groups in total. The van der Waals surface area contributed by atoms with Crippen LogP contribution < -0.4 is 11.1 Å². The van der Waals surface area contributed by atoms with Gasteiger partial charge in [0.15, 0.2) is 0 Å². The van der Waals surface area contributed by atoms with E-state index in [1.807, 2.05) is 19.1 Å². The summed E-state index contributed by atoms with van der Waals surface area (Å²) in [4.78, 5) is 16.7. The number of carbonyl (C=O) groups excluding carboxylic acids is 1. The number of pyridine rings is 1. The molecule has 4 heteroatoms. The molecule has 20 heavy (non-hydrogen) atoms. The minimum absolute atomic E-state index is 0.00534. The predicted molar refractivity (Wildman–Crippen MR) is 81.2 cm³/mol. The van der Waals surface area contributed by atoms with Gasteiger partial charge in [-0.2, -0.15) is 0 Å². The third-order valence-corrected chi connectivity index (χ3v) is 4.98. The summed E-state index contributed by atoms with van der Waals surface area (Å²) in [6.45, 7) is 8.37. The van der Waals surface area contributed by atoms with Crippen molar-refractivity contribution in [3.8, 4) is 0 Å². The van der Waals surface area contributed by atoms with Crippen molar-refractivity contribution in [3.05, 3.63) is 24.0 Å². The Balaban J connectivity index is 2.13. The molecule has 0 saturated heterocycles. The van der Waals surface area contributed by atoms with Gasteiger partial charge in [-0.15, -0.1) is 0 Å². The maximum absolute atomic E-state index is 12.6. The van der Waals surface area contributed by atoms with E-state index in [-0.39, 0.29) is 23.3 Å².